The zero-order valence-corrected chi connectivity index (χ0v) is 21.1. The molecule has 2 aliphatic carbocycles. The van der Waals surface area contributed by atoms with Gasteiger partial charge in [0.1, 0.15) is 0 Å². The van der Waals surface area contributed by atoms with Crippen LogP contribution in [0.5, 0.6) is 0 Å². The standard InChI is InChI=1S/C33H33N3/c1-3-7-30(27-11-10-26(28(19-27)21-34)18-24-8-5-4-6-9-24)31-20-32(36-23(31)2)25-12-14-29(15-13-25)33(22-35)16-17-33/h3,7,10-15,19-20,24,36H,1,4-6,8-9,16-18H2,2H3/b30-7-. The number of rotatable bonds is 7. The Bertz CT molecular complexity index is 1380. The summed E-state index contributed by atoms with van der Waals surface area (Å²) >= 11 is 0. The Labute approximate surface area is 214 Å². The molecule has 3 heteroatoms. The topological polar surface area (TPSA) is 63.4 Å². The van der Waals surface area contributed by atoms with E-state index in [9.17, 15) is 10.5 Å². The van der Waals surface area contributed by atoms with E-state index >= 15 is 0 Å². The molecule has 0 spiro atoms. The van der Waals surface area contributed by atoms with E-state index < -0.39 is 0 Å². The molecule has 1 aromatic heterocycles. The van der Waals surface area contributed by atoms with E-state index in [1.807, 2.05) is 18.2 Å². The number of H-pyrrole nitrogens is 1. The van der Waals surface area contributed by atoms with Crippen molar-refractivity contribution in [3.8, 4) is 23.4 Å². The first-order valence-corrected chi connectivity index (χ1v) is 13.1. The first-order chi connectivity index (χ1) is 17.6. The van der Waals surface area contributed by atoms with E-state index in [-0.39, 0.29) is 5.41 Å². The number of aromatic nitrogens is 1. The van der Waals surface area contributed by atoms with Crippen LogP contribution in [0.2, 0.25) is 0 Å². The third kappa shape index (κ3) is 4.67. The molecule has 0 radical (unpaired) electrons. The van der Waals surface area contributed by atoms with Gasteiger partial charge in [-0.3, -0.25) is 0 Å². The van der Waals surface area contributed by atoms with Crippen LogP contribution in [0.4, 0.5) is 0 Å². The number of aromatic amines is 1. The lowest BCUT2D eigenvalue weighted by Crippen LogP contribution is -2.10. The maximum absolute atomic E-state index is 9.95. The lowest BCUT2D eigenvalue weighted by atomic mass is 9.83. The summed E-state index contributed by atoms with van der Waals surface area (Å²) < 4.78 is 0. The normalized spacial score (nSPS) is 17.2. The number of benzene rings is 2. The summed E-state index contributed by atoms with van der Waals surface area (Å²) in [6.45, 7) is 6.04. The predicted molar refractivity (Wildman–Crippen MR) is 146 cm³/mol. The fourth-order valence-corrected chi connectivity index (χ4v) is 5.74. The number of nitrogens with one attached hydrogen (secondary N) is 1. The Kier molecular flexibility index (Phi) is 6.67. The number of nitrogens with zero attached hydrogens (tertiary/aromatic N) is 2. The highest BCUT2D eigenvalue weighted by Crippen LogP contribution is 2.47. The zero-order valence-electron chi connectivity index (χ0n) is 21.1. The summed E-state index contributed by atoms with van der Waals surface area (Å²) in [5.74, 6) is 0.698. The van der Waals surface area contributed by atoms with Gasteiger partial charge in [-0.1, -0.05) is 87.2 Å². The van der Waals surface area contributed by atoms with Crippen molar-refractivity contribution in [3.05, 3.63) is 101 Å². The van der Waals surface area contributed by atoms with Gasteiger partial charge in [0.05, 0.1) is 23.1 Å². The molecule has 2 aromatic carbocycles. The molecule has 3 nitrogen and oxygen atoms in total. The van der Waals surface area contributed by atoms with Crippen molar-refractivity contribution in [1.29, 1.82) is 10.5 Å². The third-order valence-corrected chi connectivity index (χ3v) is 8.08. The molecular weight excluding hydrogens is 438 g/mol. The van der Waals surface area contributed by atoms with Gasteiger partial charge in [0.2, 0.25) is 0 Å². The Morgan fingerprint density at radius 2 is 1.81 bits per heavy atom. The monoisotopic (exact) mass is 471 g/mol. The molecule has 36 heavy (non-hydrogen) atoms. The van der Waals surface area contributed by atoms with Crippen LogP contribution >= 0.6 is 0 Å². The minimum Gasteiger partial charge on any atom is -0.358 e. The van der Waals surface area contributed by atoms with Crippen LogP contribution in [-0.2, 0) is 11.8 Å². The van der Waals surface area contributed by atoms with Gasteiger partial charge < -0.3 is 4.98 Å². The molecule has 1 heterocycles. The second-order valence-electron chi connectivity index (χ2n) is 10.5. The molecule has 0 atom stereocenters. The summed E-state index contributed by atoms with van der Waals surface area (Å²) in [5.41, 5.74) is 9.21. The van der Waals surface area contributed by atoms with E-state index in [4.69, 9.17) is 0 Å². The number of aryl methyl sites for hydroxylation is 1. The Morgan fingerprint density at radius 3 is 2.44 bits per heavy atom. The Balaban J connectivity index is 1.44. The highest BCUT2D eigenvalue weighted by atomic mass is 14.7. The lowest BCUT2D eigenvalue weighted by Gasteiger charge is -2.22. The van der Waals surface area contributed by atoms with Crippen LogP contribution in [0.3, 0.4) is 0 Å². The maximum atomic E-state index is 9.95. The fraction of sp³-hybridized carbons (Fsp3) is 0.333. The SMILES string of the molecule is C=C/C=C(/c1ccc(CC2CCCCC2)c(C#N)c1)c1cc(-c2ccc(C3(C#N)CC3)cc2)[nH]c1C. The smallest absolute Gasteiger partial charge is 0.0994 e. The summed E-state index contributed by atoms with van der Waals surface area (Å²) in [4.78, 5) is 3.55. The fourth-order valence-electron chi connectivity index (χ4n) is 5.74. The van der Waals surface area contributed by atoms with Crippen LogP contribution in [-0.4, -0.2) is 4.98 Å². The van der Waals surface area contributed by atoms with Crippen molar-refractivity contribution in [3.63, 3.8) is 0 Å². The third-order valence-electron chi connectivity index (χ3n) is 8.08. The Hall–Kier alpha value is -3.82. The molecule has 0 bridgehead atoms. The number of allylic oxidation sites excluding steroid dienone is 2. The van der Waals surface area contributed by atoms with E-state index in [0.717, 1.165) is 64.0 Å². The average Bonchev–Trinajstić information content (AvgIpc) is 3.63. The van der Waals surface area contributed by atoms with Gasteiger partial charge in [-0.2, -0.15) is 10.5 Å². The van der Waals surface area contributed by atoms with E-state index in [1.54, 1.807) is 0 Å². The highest BCUT2D eigenvalue weighted by Gasteiger charge is 2.44. The molecule has 0 saturated heterocycles. The lowest BCUT2D eigenvalue weighted by molar-refractivity contribution is 0.356. The highest BCUT2D eigenvalue weighted by molar-refractivity contribution is 5.85. The summed E-state index contributed by atoms with van der Waals surface area (Å²) in [6.07, 6.45) is 13.3. The average molecular weight is 472 g/mol. The van der Waals surface area contributed by atoms with Crippen molar-refractivity contribution >= 4 is 5.57 Å². The Morgan fingerprint density at radius 1 is 1.06 bits per heavy atom. The zero-order chi connectivity index (χ0) is 25.1. The van der Waals surface area contributed by atoms with Gasteiger partial charge in [0.25, 0.3) is 0 Å². The van der Waals surface area contributed by atoms with Crippen molar-refractivity contribution in [1.82, 2.24) is 4.98 Å². The second kappa shape index (κ2) is 10.0. The van der Waals surface area contributed by atoms with E-state index in [1.165, 1.54) is 37.7 Å². The summed E-state index contributed by atoms with van der Waals surface area (Å²) in [7, 11) is 0. The molecule has 1 N–H and O–H groups in total. The summed E-state index contributed by atoms with van der Waals surface area (Å²) in [5, 5.41) is 19.4. The molecule has 2 fully saturated rings. The first-order valence-electron chi connectivity index (χ1n) is 13.1. The van der Waals surface area contributed by atoms with Gasteiger partial charge in [-0.25, -0.2) is 0 Å². The van der Waals surface area contributed by atoms with Crippen molar-refractivity contribution < 1.29 is 0 Å². The molecule has 180 valence electrons. The molecular formula is C33H33N3. The van der Waals surface area contributed by atoms with Crippen molar-refractivity contribution in [2.24, 2.45) is 5.92 Å². The van der Waals surface area contributed by atoms with E-state index in [0.29, 0.717) is 5.92 Å². The first kappa shape index (κ1) is 23.9. The molecule has 0 unspecified atom stereocenters. The van der Waals surface area contributed by atoms with Crippen molar-refractivity contribution in [2.75, 3.05) is 0 Å². The van der Waals surface area contributed by atoms with Crippen molar-refractivity contribution in [2.45, 2.75) is 63.7 Å². The summed E-state index contributed by atoms with van der Waals surface area (Å²) in [6, 6.07) is 21.9. The molecule has 2 aliphatic rings. The van der Waals surface area contributed by atoms with Crippen LogP contribution in [0.15, 0.2) is 67.3 Å². The molecule has 0 amide bonds. The van der Waals surface area contributed by atoms with Gasteiger partial charge in [0, 0.05) is 17.0 Å². The number of hydrogen-bond acceptors (Lipinski definition) is 2. The quantitative estimate of drug-likeness (QED) is 0.353. The molecule has 3 aromatic rings. The van der Waals surface area contributed by atoms with Crippen LogP contribution in [0.1, 0.15) is 78.5 Å². The predicted octanol–water partition coefficient (Wildman–Crippen LogP) is 8.16. The second-order valence-corrected chi connectivity index (χ2v) is 10.5. The van der Waals surface area contributed by atoms with Crippen LogP contribution in [0.25, 0.3) is 16.8 Å². The van der Waals surface area contributed by atoms with Gasteiger partial charge in [0.15, 0.2) is 0 Å². The van der Waals surface area contributed by atoms with E-state index in [2.05, 4.69) is 73.1 Å². The van der Waals surface area contributed by atoms with Crippen LogP contribution in [0, 0.1) is 35.5 Å². The maximum Gasteiger partial charge on any atom is 0.0994 e. The number of nitriles is 2. The molecule has 0 aliphatic heterocycles. The van der Waals surface area contributed by atoms with Gasteiger partial charge in [-0.05, 0) is 72.1 Å². The largest absolute Gasteiger partial charge is 0.358 e. The molecule has 5 rings (SSSR count). The minimum atomic E-state index is -0.267. The van der Waals surface area contributed by atoms with Gasteiger partial charge in [-0.15, -0.1) is 0 Å². The van der Waals surface area contributed by atoms with Gasteiger partial charge >= 0.3 is 0 Å². The minimum absolute atomic E-state index is 0.267. The number of hydrogen-bond donors (Lipinski definition) is 1. The molecule has 2 saturated carbocycles. The van der Waals surface area contributed by atoms with Crippen LogP contribution < -0.4 is 0 Å².